The monoisotopic (exact) mass is 162 g/mol. The fraction of sp³-hybridized carbons (Fsp3) is 0.400. The molecule has 1 aromatic heterocycles. The van der Waals surface area contributed by atoms with Gasteiger partial charge >= 0.3 is 0 Å². The molecule has 0 bridgehead atoms. The second-order valence-corrected chi connectivity index (χ2v) is 1.96. The highest BCUT2D eigenvalue weighted by Crippen LogP contribution is 2.02. The first-order chi connectivity index (χ1) is 5.22. The van der Waals surface area contributed by atoms with Gasteiger partial charge in [-0.15, -0.1) is 0 Å². The summed E-state index contributed by atoms with van der Waals surface area (Å²) in [5.74, 6) is 5.36. The van der Waals surface area contributed by atoms with Gasteiger partial charge in [0, 0.05) is 12.3 Å². The van der Waals surface area contributed by atoms with Gasteiger partial charge in [-0.2, -0.15) is 5.10 Å². The molecular formula is C5H8F2N4. The molecule has 0 aliphatic rings. The van der Waals surface area contributed by atoms with E-state index in [1.54, 1.807) is 0 Å². The molecule has 0 saturated heterocycles. The van der Waals surface area contributed by atoms with Crippen molar-refractivity contribution < 1.29 is 8.78 Å². The van der Waals surface area contributed by atoms with Crippen LogP contribution in [-0.4, -0.2) is 16.2 Å². The third-order valence-electron chi connectivity index (χ3n) is 1.11. The van der Waals surface area contributed by atoms with E-state index in [9.17, 15) is 8.78 Å². The van der Waals surface area contributed by atoms with E-state index < -0.39 is 13.0 Å². The molecular weight excluding hydrogens is 154 g/mol. The number of nitrogens with one attached hydrogen (secondary N) is 1. The summed E-state index contributed by atoms with van der Waals surface area (Å²) >= 11 is 0. The summed E-state index contributed by atoms with van der Waals surface area (Å²) < 4.78 is 24.6. The summed E-state index contributed by atoms with van der Waals surface area (Å²) in [6.07, 6.45) is -0.957. The van der Waals surface area contributed by atoms with Crippen LogP contribution in [0.4, 0.5) is 14.6 Å². The van der Waals surface area contributed by atoms with Gasteiger partial charge in [-0.25, -0.2) is 14.6 Å². The van der Waals surface area contributed by atoms with Gasteiger partial charge in [-0.05, 0) is 0 Å². The molecule has 0 aliphatic heterocycles. The third-order valence-corrected chi connectivity index (χ3v) is 1.11. The van der Waals surface area contributed by atoms with Crippen LogP contribution in [0.1, 0.15) is 0 Å². The summed E-state index contributed by atoms with van der Waals surface area (Å²) in [6.45, 7) is -0.401. The summed E-state index contributed by atoms with van der Waals surface area (Å²) in [5.41, 5.74) is 2.24. The van der Waals surface area contributed by atoms with Gasteiger partial charge < -0.3 is 5.43 Å². The molecule has 6 heteroatoms. The maximum atomic E-state index is 11.7. The van der Waals surface area contributed by atoms with E-state index in [1.807, 2.05) is 0 Å². The van der Waals surface area contributed by atoms with E-state index in [0.717, 1.165) is 4.68 Å². The average molecular weight is 162 g/mol. The molecule has 0 radical (unpaired) electrons. The van der Waals surface area contributed by atoms with Gasteiger partial charge in [0.15, 0.2) is 5.82 Å². The number of hydrogen-bond acceptors (Lipinski definition) is 3. The van der Waals surface area contributed by atoms with Crippen LogP contribution in [0, 0.1) is 0 Å². The Bertz CT molecular complexity index is 222. The number of nitrogen functional groups attached to an aromatic ring is 1. The summed E-state index contributed by atoms with van der Waals surface area (Å²) in [4.78, 5) is 0. The van der Waals surface area contributed by atoms with E-state index >= 15 is 0 Å². The highest BCUT2D eigenvalue weighted by atomic mass is 19.3. The number of hydrazine groups is 1. The Kier molecular flexibility index (Phi) is 2.37. The molecule has 0 unspecified atom stereocenters. The van der Waals surface area contributed by atoms with Gasteiger partial charge in [0.25, 0.3) is 6.43 Å². The van der Waals surface area contributed by atoms with Crippen LogP contribution in [0.25, 0.3) is 0 Å². The van der Waals surface area contributed by atoms with Crippen molar-refractivity contribution in [3.8, 4) is 0 Å². The molecule has 3 N–H and O–H groups in total. The lowest BCUT2D eigenvalue weighted by Gasteiger charge is -1.97. The van der Waals surface area contributed by atoms with Crippen molar-refractivity contribution in [2.45, 2.75) is 13.0 Å². The zero-order valence-electron chi connectivity index (χ0n) is 5.67. The lowest BCUT2D eigenvalue weighted by molar-refractivity contribution is 0.122. The Balaban J connectivity index is 2.58. The van der Waals surface area contributed by atoms with E-state index in [1.165, 1.54) is 12.3 Å². The largest absolute Gasteiger partial charge is 0.307 e. The van der Waals surface area contributed by atoms with Gasteiger partial charge in [-0.1, -0.05) is 0 Å². The summed E-state index contributed by atoms with van der Waals surface area (Å²) in [5, 5.41) is 3.67. The van der Waals surface area contributed by atoms with Crippen molar-refractivity contribution >= 4 is 5.82 Å². The maximum absolute atomic E-state index is 11.7. The number of anilines is 1. The Morgan fingerprint density at radius 1 is 1.73 bits per heavy atom. The lowest BCUT2D eigenvalue weighted by Crippen LogP contribution is -2.10. The van der Waals surface area contributed by atoms with Crippen molar-refractivity contribution in [1.29, 1.82) is 0 Å². The van der Waals surface area contributed by atoms with Crippen molar-refractivity contribution in [3.63, 3.8) is 0 Å². The standard InChI is InChI=1S/C5H8F2N4/c6-4(7)3-11-2-1-5(9-8)10-11/h1-2,4H,3,8H2,(H,9,10). The topological polar surface area (TPSA) is 55.9 Å². The Morgan fingerprint density at radius 3 is 2.91 bits per heavy atom. The van der Waals surface area contributed by atoms with E-state index in [2.05, 4.69) is 10.5 Å². The Labute approximate surface area is 62.0 Å². The fourth-order valence-electron chi connectivity index (χ4n) is 0.682. The Hall–Kier alpha value is -1.17. The first-order valence-corrected chi connectivity index (χ1v) is 3.00. The highest BCUT2D eigenvalue weighted by molar-refractivity contribution is 5.29. The molecule has 4 nitrogen and oxygen atoms in total. The summed E-state index contributed by atoms with van der Waals surface area (Å²) in [7, 11) is 0. The molecule has 0 amide bonds. The number of rotatable bonds is 3. The number of hydrogen-bond donors (Lipinski definition) is 2. The predicted octanol–water partition coefficient (Wildman–Crippen LogP) is 0.434. The smallest absolute Gasteiger partial charge is 0.257 e. The zero-order valence-corrected chi connectivity index (χ0v) is 5.67. The van der Waals surface area contributed by atoms with Crippen LogP contribution in [0.3, 0.4) is 0 Å². The molecule has 62 valence electrons. The number of nitrogens with zero attached hydrogens (tertiary/aromatic N) is 2. The molecule has 0 aliphatic carbocycles. The summed E-state index contributed by atoms with van der Waals surface area (Å²) in [6, 6.07) is 1.52. The number of aromatic nitrogens is 2. The van der Waals surface area contributed by atoms with Gasteiger partial charge in [0.2, 0.25) is 0 Å². The van der Waals surface area contributed by atoms with E-state index in [0.29, 0.717) is 5.82 Å². The molecule has 0 fully saturated rings. The van der Waals surface area contributed by atoms with Gasteiger partial charge in [-0.3, -0.25) is 4.68 Å². The van der Waals surface area contributed by atoms with Gasteiger partial charge in [0.1, 0.15) is 6.54 Å². The quantitative estimate of drug-likeness (QED) is 0.500. The van der Waals surface area contributed by atoms with Crippen molar-refractivity contribution in [2.24, 2.45) is 5.84 Å². The first-order valence-electron chi connectivity index (χ1n) is 3.00. The fourth-order valence-corrected chi connectivity index (χ4v) is 0.682. The lowest BCUT2D eigenvalue weighted by atomic mass is 10.6. The highest BCUT2D eigenvalue weighted by Gasteiger charge is 2.04. The molecule has 0 atom stereocenters. The first kappa shape index (κ1) is 7.93. The van der Waals surface area contributed by atoms with Gasteiger partial charge in [0.05, 0.1) is 0 Å². The molecule has 1 aromatic rings. The van der Waals surface area contributed by atoms with Crippen LogP contribution in [0.2, 0.25) is 0 Å². The Morgan fingerprint density at radius 2 is 2.45 bits per heavy atom. The van der Waals surface area contributed by atoms with Crippen molar-refractivity contribution in [2.75, 3.05) is 5.43 Å². The van der Waals surface area contributed by atoms with E-state index in [4.69, 9.17) is 5.84 Å². The minimum atomic E-state index is -2.39. The molecule has 1 heterocycles. The number of halogens is 2. The predicted molar refractivity (Wildman–Crippen MR) is 36.0 cm³/mol. The van der Waals surface area contributed by atoms with Crippen molar-refractivity contribution in [3.05, 3.63) is 12.3 Å². The number of alkyl halides is 2. The second-order valence-electron chi connectivity index (χ2n) is 1.96. The van der Waals surface area contributed by atoms with Crippen LogP contribution >= 0.6 is 0 Å². The van der Waals surface area contributed by atoms with E-state index in [-0.39, 0.29) is 0 Å². The third kappa shape index (κ3) is 2.15. The van der Waals surface area contributed by atoms with Crippen molar-refractivity contribution in [1.82, 2.24) is 9.78 Å². The normalized spacial score (nSPS) is 10.5. The van der Waals surface area contributed by atoms with Crippen LogP contribution < -0.4 is 11.3 Å². The van der Waals surface area contributed by atoms with Crippen LogP contribution in [0.15, 0.2) is 12.3 Å². The zero-order chi connectivity index (χ0) is 8.27. The minimum absolute atomic E-state index is 0.380. The molecule has 0 saturated carbocycles. The molecule has 1 rings (SSSR count). The SMILES string of the molecule is NNc1ccn(CC(F)F)n1. The maximum Gasteiger partial charge on any atom is 0.257 e. The molecule has 0 aromatic carbocycles. The second kappa shape index (κ2) is 3.29. The minimum Gasteiger partial charge on any atom is -0.307 e. The van der Waals surface area contributed by atoms with Crippen LogP contribution in [-0.2, 0) is 6.54 Å². The average Bonchev–Trinajstić information content (AvgIpc) is 2.34. The molecule has 11 heavy (non-hydrogen) atoms. The van der Waals surface area contributed by atoms with Crippen LogP contribution in [0.5, 0.6) is 0 Å². The number of nitrogens with two attached hydrogens (primary N) is 1. The molecule has 0 spiro atoms.